The molecule has 2 N–H and O–H groups in total. The second-order valence-corrected chi connectivity index (χ2v) is 5.14. The third-order valence-corrected chi connectivity index (χ3v) is 3.04. The third-order valence-electron chi connectivity index (χ3n) is 3.04. The summed E-state index contributed by atoms with van der Waals surface area (Å²) in [6.45, 7) is 6.47. The zero-order valence-corrected chi connectivity index (χ0v) is 11.9. The number of nitrogens with two attached hydrogens (primary N) is 1. The SMILES string of the molecule is CCCc1cc(C(C)C)nc(-c2cccc(N)c2)n1. The van der Waals surface area contributed by atoms with Crippen LogP contribution in [0, 0.1) is 0 Å². The number of nitrogen functional groups attached to an aromatic ring is 1. The molecule has 0 unspecified atom stereocenters. The van der Waals surface area contributed by atoms with Gasteiger partial charge in [-0.25, -0.2) is 9.97 Å². The van der Waals surface area contributed by atoms with E-state index in [0.717, 1.165) is 41.3 Å². The summed E-state index contributed by atoms with van der Waals surface area (Å²) in [6.07, 6.45) is 2.07. The van der Waals surface area contributed by atoms with Crippen LogP contribution in [0.5, 0.6) is 0 Å². The predicted octanol–water partition coefficient (Wildman–Crippen LogP) is 3.80. The molecule has 0 radical (unpaired) electrons. The Bertz CT molecular complexity index is 562. The number of nitrogens with zero attached hydrogens (tertiary/aromatic N) is 2. The molecule has 19 heavy (non-hydrogen) atoms. The minimum absolute atomic E-state index is 0.401. The zero-order valence-electron chi connectivity index (χ0n) is 11.9. The van der Waals surface area contributed by atoms with E-state index in [2.05, 4.69) is 36.8 Å². The highest BCUT2D eigenvalue weighted by molar-refractivity contribution is 5.61. The van der Waals surface area contributed by atoms with Crippen molar-refractivity contribution in [1.29, 1.82) is 0 Å². The first-order valence-corrected chi connectivity index (χ1v) is 6.84. The lowest BCUT2D eigenvalue weighted by molar-refractivity contribution is 0.794. The standard InChI is InChI=1S/C16H21N3/c1-4-6-14-10-15(11(2)3)19-16(18-14)12-7-5-8-13(17)9-12/h5,7-11H,4,6,17H2,1-3H3. The minimum Gasteiger partial charge on any atom is -0.399 e. The van der Waals surface area contributed by atoms with E-state index in [4.69, 9.17) is 5.73 Å². The number of anilines is 1. The largest absolute Gasteiger partial charge is 0.399 e. The summed E-state index contributed by atoms with van der Waals surface area (Å²) in [7, 11) is 0. The molecule has 0 fully saturated rings. The Hall–Kier alpha value is -1.90. The minimum atomic E-state index is 0.401. The van der Waals surface area contributed by atoms with Crippen molar-refractivity contribution < 1.29 is 0 Å². The van der Waals surface area contributed by atoms with Crippen LogP contribution in [-0.2, 0) is 6.42 Å². The lowest BCUT2D eigenvalue weighted by atomic mass is 10.1. The van der Waals surface area contributed by atoms with Gasteiger partial charge < -0.3 is 5.73 Å². The molecule has 2 aromatic rings. The molecule has 3 heteroatoms. The maximum absolute atomic E-state index is 5.83. The molecule has 0 amide bonds. The van der Waals surface area contributed by atoms with Gasteiger partial charge in [0, 0.05) is 22.6 Å². The van der Waals surface area contributed by atoms with Gasteiger partial charge in [0.2, 0.25) is 0 Å². The van der Waals surface area contributed by atoms with Gasteiger partial charge in [-0.1, -0.05) is 39.3 Å². The van der Waals surface area contributed by atoms with Gasteiger partial charge in [-0.05, 0) is 30.5 Å². The van der Waals surface area contributed by atoms with Crippen LogP contribution in [-0.4, -0.2) is 9.97 Å². The molecular formula is C16H21N3. The monoisotopic (exact) mass is 255 g/mol. The summed E-state index contributed by atoms with van der Waals surface area (Å²) in [5.74, 6) is 1.18. The molecule has 2 rings (SSSR count). The summed E-state index contributed by atoms with van der Waals surface area (Å²) in [5.41, 5.74) is 9.77. The Morgan fingerprint density at radius 3 is 2.58 bits per heavy atom. The van der Waals surface area contributed by atoms with Crippen molar-refractivity contribution >= 4 is 5.69 Å². The third kappa shape index (κ3) is 3.31. The van der Waals surface area contributed by atoms with Gasteiger partial charge in [0.1, 0.15) is 0 Å². The maximum atomic E-state index is 5.83. The van der Waals surface area contributed by atoms with E-state index in [1.807, 2.05) is 24.3 Å². The smallest absolute Gasteiger partial charge is 0.159 e. The van der Waals surface area contributed by atoms with Crippen molar-refractivity contribution in [2.45, 2.75) is 39.5 Å². The second kappa shape index (κ2) is 5.83. The van der Waals surface area contributed by atoms with Gasteiger partial charge in [0.25, 0.3) is 0 Å². The Labute approximate surface area is 114 Å². The van der Waals surface area contributed by atoms with Crippen LogP contribution in [0.4, 0.5) is 5.69 Å². The molecule has 0 aliphatic carbocycles. The van der Waals surface area contributed by atoms with E-state index in [-0.39, 0.29) is 0 Å². The lowest BCUT2D eigenvalue weighted by Gasteiger charge is -2.10. The van der Waals surface area contributed by atoms with Gasteiger partial charge in [0.05, 0.1) is 0 Å². The molecular weight excluding hydrogens is 234 g/mol. The highest BCUT2D eigenvalue weighted by Gasteiger charge is 2.09. The van der Waals surface area contributed by atoms with E-state index in [1.54, 1.807) is 0 Å². The van der Waals surface area contributed by atoms with Crippen molar-refractivity contribution in [1.82, 2.24) is 9.97 Å². The Morgan fingerprint density at radius 2 is 1.95 bits per heavy atom. The molecule has 3 nitrogen and oxygen atoms in total. The highest BCUT2D eigenvalue weighted by atomic mass is 14.9. The average Bonchev–Trinajstić information content (AvgIpc) is 2.38. The summed E-state index contributed by atoms with van der Waals surface area (Å²) >= 11 is 0. The summed E-state index contributed by atoms with van der Waals surface area (Å²) in [6, 6.07) is 9.86. The van der Waals surface area contributed by atoms with Crippen LogP contribution in [0.3, 0.4) is 0 Å². The van der Waals surface area contributed by atoms with Gasteiger partial charge >= 0.3 is 0 Å². The first-order valence-electron chi connectivity index (χ1n) is 6.84. The molecule has 1 heterocycles. The Kier molecular flexibility index (Phi) is 4.15. The number of aryl methyl sites for hydroxylation is 1. The normalized spacial score (nSPS) is 10.9. The molecule has 0 aliphatic heterocycles. The molecule has 1 aromatic heterocycles. The van der Waals surface area contributed by atoms with E-state index in [0.29, 0.717) is 5.92 Å². The van der Waals surface area contributed by atoms with Crippen LogP contribution in [0.15, 0.2) is 30.3 Å². The fraction of sp³-hybridized carbons (Fsp3) is 0.375. The molecule has 0 atom stereocenters. The zero-order chi connectivity index (χ0) is 13.8. The van der Waals surface area contributed by atoms with Gasteiger partial charge in [0.15, 0.2) is 5.82 Å². The molecule has 0 spiro atoms. The number of benzene rings is 1. The molecule has 0 saturated carbocycles. The quantitative estimate of drug-likeness (QED) is 0.845. The number of hydrogen-bond acceptors (Lipinski definition) is 3. The predicted molar refractivity (Wildman–Crippen MR) is 80.0 cm³/mol. The van der Waals surface area contributed by atoms with E-state index in [9.17, 15) is 0 Å². The van der Waals surface area contributed by atoms with Crippen LogP contribution in [0.2, 0.25) is 0 Å². The molecule has 0 bridgehead atoms. The van der Waals surface area contributed by atoms with Crippen LogP contribution in [0.1, 0.15) is 44.5 Å². The molecule has 0 saturated heterocycles. The van der Waals surface area contributed by atoms with Crippen molar-refractivity contribution in [3.63, 3.8) is 0 Å². The van der Waals surface area contributed by atoms with Crippen LogP contribution < -0.4 is 5.73 Å². The number of rotatable bonds is 4. The Balaban J connectivity index is 2.49. The van der Waals surface area contributed by atoms with E-state index in [1.165, 1.54) is 0 Å². The van der Waals surface area contributed by atoms with Crippen LogP contribution >= 0.6 is 0 Å². The van der Waals surface area contributed by atoms with E-state index >= 15 is 0 Å². The van der Waals surface area contributed by atoms with Crippen molar-refractivity contribution in [2.75, 3.05) is 5.73 Å². The first kappa shape index (κ1) is 13.5. The highest BCUT2D eigenvalue weighted by Crippen LogP contribution is 2.21. The fourth-order valence-electron chi connectivity index (χ4n) is 2.01. The second-order valence-electron chi connectivity index (χ2n) is 5.14. The number of hydrogen-bond donors (Lipinski definition) is 1. The van der Waals surface area contributed by atoms with Crippen LogP contribution in [0.25, 0.3) is 11.4 Å². The van der Waals surface area contributed by atoms with Crippen molar-refractivity contribution in [2.24, 2.45) is 0 Å². The van der Waals surface area contributed by atoms with Crippen molar-refractivity contribution in [3.05, 3.63) is 41.7 Å². The van der Waals surface area contributed by atoms with Gasteiger partial charge in [-0.15, -0.1) is 0 Å². The topological polar surface area (TPSA) is 51.8 Å². The molecule has 0 aliphatic rings. The van der Waals surface area contributed by atoms with Gasteiger partial charge in [-0.2, -0.15) is 0 Å². The molecule has 100 valence electrons. The Morgan fingerprint density at radius 1 is 1.16 bits per heavy atom. The number of aromatic nitrogens is 2. The average molecular weight is 255 g/mol. The van der Waals surface area contributed by atoms with Crippen molar-refractivity contribution in [3.8, 4) is 11.4 Å². The first-order chi connectivity index (χ1) is 9.10. The molecule has 1 aromatic carbocycles. The van der Waals surface area contributed by atoms with Gasteiger partial charge in [-0.3, -0.25) is 0 Å². The fourth-order valence-corrected chi connectivity index (χ4v) is 2.01. The summed E-state index contributed by atoms with van der Waals surface area (Å²) in [5, 5.41) is 0. The maximum Gasteiger partial charge on any atom is 0.159 e. The summed E-state index contributed by atoms with van der Waals surface area (Å²) in [4.78, 5) is 9.31. The van der Waals surface area contributed by atoms with E-state index < -0.39 is 0 Å². The summed E-state index contributed by atoms with van der Waals surface area (Å²) < 4.78 is 0. The lowest BCUT2D eigenvalue weighted by Crippen LogP contribution is -2.02.